The van der Waals surface area contributed by atoms with Crippen LogP contribution in [0.4, 0.5) is 0 Å². The highest BCUT2D eigenvalue weighted by molar-refractivity contribution is 7.90. The van der Waals surface area contributed by atoms with Crippen LogP contribution in [0.1, 0.15) is 15.9 Å². The summed E-state index contributed by atoms with van der Waals surface area (Å²) >= 11 is 0. The Hall–Kier alpha value is -2.93. The maximum atomic E-state index is 13.0. The Balaban J connectivity index is 2.18. The Morgan fingerprint density at radius 3 is 2.50 bits per heavy atom. The molecule has 2 heterocycles. The molecule has 0 aliphatic carbocycles. The molecule has 0 saturated carbocycles. The fourth-order valence-electron chi connectivity index (χ4n) is 2.54. The SMILES string of the molecule is Cc1ccc(S(=O)(=O)n2cc(C(=O)C=CN(C)C)c3cccnc32)cc1. The van der Waals surface area contributed by atoms with E-state index in [1.54, 1.807) is 61.6 Å². The maximum absolute atomic E-state index is 13.0. The Morgan fingerprint density at radius 2 is 1.85 bits per heavy atom. The van der Waals surface area contributed by atoms with Gasteiger partial charge in [-0.1, -0.05) is 17.7 Å². The number of aryl methyl sites for hydroxylation is 1. The predicted octanol–water partition coefficient (Wildman–Crippen LogP) is 2.84. The lowest BCUT2D eigenvalue weighted by Crippen LogP contribution is -2.12. The molecule has 2 aromatic heterocycles. The number of fused-ring (bicyclic) bond motifs is 1. The minimum Gasteiger partial charge on any atom is -0.383 e. The third-order valence-electron chi connectivity index (χ3n) is 3.90. The second-order valence-corrected chi connectivity index (χ2v) is 7.99. The van der Waals surface area contributed by atoms with Gasteiger partial charge in [0.25, 0.3) is 10.0 Å². The predicted molar refractivity (Wildman–Crippen MR) is 101 cm³/mol. The van der Waals surface area contributed by atoms with Crippen LogP contribution >= 0.6 is 0 Å². The van der Waals surface area contributed by atoms with Crippen LogP contribution in [-0.2, 0) is 10.0 Å². The van der Waals surface area contributed by atoms with Crippen molar-refractivity contribution in [3.05, 3.63) is 72.2 Å². The molecule has 6 nitrogen and oxygen atoms in total. The zero-order valence-electron chi connectivity index (χ0n) is 14.7. The molecule has 26 heavy (non-hydrogen) atoms. The molecule has 1 aromatic carbocycles. The van der Waals surface area contributed by atoms with E-state index in [9.17, 15) is 13.2 Å². The maximum Gasteiger partial charge on any atom is 0.269 e. The minimum absolute atomic E-state index is 0.147. The molecule has 0 aliphatic heterocycles. The van der Waals surface area contributed by atoms with Gasteiger partial charge < -0.3 is 4.90 Å². The summed E-state index contributed by atoms with van der Waals surface area (Å²) in [5.41, 5.74) is 1.49. The van der Waals surface area contributed by atoms with Crippen LogP contribution in [0.2, 0.25) is 0 Å². The van der Waals surface area contributed by atoms with Gasteiger partial charge in [0.05, 0.1) is 10.5 Å². The van der Waals surface area contributed by atoms with Crippen LogP contribution in [0.25, 0.3) is 11.0 Å². The Labute approximate surface area is 152 Å². The van der Waals surface area contributed by atoms with E-state index in [0.717, 1.165) is 9.54 Å². The van der Waals surface area contributed by atoms with E-state index < -0.39 is 10.0 Å². The van der Waals surface area contributed by atoms with Crippen LogP contribution in [0.15, 0.2) is 66.0 Å². The van der Waals surface area contributed by atoms with E-state index in [1.165, 1.54) is 18.5 Å². The van der Waals surface area contributed by atoms with E-state index in [4.69, 9.17) is 0 Å². The topological polar surface area (TPSA) is 72.3 Å². The lowest BCUT2D eigenvalue weighted by molar-refractivity contribution is 0.104. The van der Waals surface area contributed by atoms with Crippen molar-refractivity contribution >= 4 is 26.8 Å². The van der Waals surface area contributed by atoms with E-state index in [0.29, 0.717) is 10.9 Å². The van der Waals surface area contributed by atoms with Gasteiger partial charge in [0.15, 0.2) is 11.4 Å². The largest absolute Gasteiger partial charge is 0.383 e. The number of hydrogen-bond donors (Lipinski definition) is 0. The van der Waals surface area contributed by atoms with Crippen molar-refractivity contribution in [3.8, 4) is 0 Å². The number of carbonyl (C=O) groups is 1. The van der Waals surface area contributed by atoms with Crippen LogP contribution in [-0.4, -0.2) is 42.2 Å². The Morgan fingerprint density at radius 1 is 1.15 bits per heavy atom. The van der Waals surface area contributed by atoms with E-state index >= 15 is 0 Å². The standard InChI is InChI=1S/C19H19N3O3S/c1-14-6-8-15(9-7-14)26(24,25)22-13-17(18(23)10-12-21(2)3)16-5-4-11-20-19(16)22/h4-13H,1-3H3. The number of rotatable bonds is 5. The number of nitrogens with zero attached hydrogens (tertiary/aromatic N) is 3. The van der Waals surface area contributed by atoms with Crippen molar-refractivity contribution in [2.75, 3.05) is 14.1 Å². The summed E-state index contributed by atoms with van der Waals surface area (Å²) < 4.78 is 27.2. The minimum atomic E-state index is -3.86. The Bertz CT molecular complexity index is 1090. The van der Waals surface area contributed by atoms with Gasteiger partial charge in [-0.3, -0.25) is 4.79 Å². The smallest absolute Gasteiger partial charge is 0.269 e. The molecule has 7 heteroatoms. The summed E-state index contributed by atoms with van der Waals surface area (Å²) in [4.78, 5) is 18.6. The second kappa shape index (κ2) is 6.76. The monoisotopic (exact) mass is 369 g/mol. The summed E-state index contributed by atoms with van der Waals surface area (Å²) in [7, 11) is -0.255. The van der Waals surface area contributed by atoms with Crippen molar-refractivity contribution < 1.29 is 13.2 Å². The highest BCUT2D eigenvalue weighted by atomic mass is 32.2. The van der Waals surface area contributed by atoms with Crippen molar-refractivity contribution in [1.29, 1.82) is 0 Å². The van der Waals surface area contributed by atoms with Gasteiger partial charge in [0, 0.05) is 44.2 Å². The number of aromatic nitrogens is 2. The lowest BCUT2D eigenvalue weighted by atomic mass is 10.1. The molecule has 0 amide bonds. The fourth-order valence-corrected chi connectivity index (χ4v) is 3.87. The highest BCUT2D eigenvalue weighted by Crippen LogP contribution is 2.25. The van der Waals surface area contributed by atoms with Gasteiger partial charge in [-0.05, 0) is 31.2 Å². The zero-order valence-corrected chi connectivity index (χ0v) is 15.6. The Kier molecular flexibility index (Phi) is 4.65. The summed E-state index contributed by atoms with van der Waals surface area (Å²) in [5, 5.41) is 0.497. The van der Waals surface area contributed by atoms with Crippen molar-refractivity contribution in [1.82, 2.24) is 13.9 Å². The number of allylic oxidation sites excluding steroid dienone is 1. The molecule has 0 fully saturated rings. The first kappa shape index (κ1) is 17.9. The summed E-state index contributed by atoms with van der Waals surface area (Å²) in [6.07, 6.45) is 5.88. The van der Waals surface area contributed by atoms with Crippen molar-refractivity contribution in [2.45, 2.75) is 11.8 Å². The average molecular weight is 369 g/mol. The number of benzene rings is 1. The summed E-state index contributed by atoms with van der Waals surface area (Å²) in [5.74, 6) is -0.283. The molecule has 134 valence electrons. The summed E-state index contributed by atoms with van der Waals surface area (Å²) in [6, 6.07) is 9.94. The molecular weight excluding hydrogens is 350 g/mol. The van der Waals surface area contributed by atoms with Crippen LogP contribution < -0.4 is 0 Å². The number of hydrogen-bond acceptors (Lipinski definition) is 5. The molecule has 0 radical (unpaired) electrons. The quantitative estimate of drug-likeness (QED) is 0.511. The second-order valence-electron chi connectivity index (χ2n) is 6.17. The molecule has 3 rings (SSSR count). The average Bonchev–Trinajstić information content (AvgIpc) is 3.00. The van der Waals surface area contributed by atoms with Crippen molar-refractivity contribution in [2.24, 2.45) is 0 Å². The molecular formula is C19H19N3O3S. The number of carbonyl (C=O) groups excluding carboxylic acids is 1. The van der Waals surface area contributed by atoms with Crippen LogP contribution in [0, 0.1) is 6.92 Å². The van der Waals surface area contributed by atoms with Gasteiger partial charge in [-0.15, -0.1) is 0 Å². The molecule has 0 saturated heterocycles. The highest BCUT2D eigenvalue weighted by Gasteiger charge is 2.23. The van der Waals surface area contributed by atoms with Crippen LogP contribution in [0.3, 0.4) is 0 Å². The first-order valence-corrected chi connectivity index (χ1v) is 9.42. The molecule has 0 atom stereocenters. The molecule has 0 bridgehead atoms. The normalized spacial score (nSPS) is 12.0. The van der Waals surface area contributed by atoms with Gasteiger partial charge in [0.1, 0.15) is 0 Å². The van der Waals surface area contributed by atoms with E-state index in [1.807, 2.05) is 6.92 Å². The van der Waals surface area contributed by atoms with Gasteiger partial charge in [0.2, 0.25) is 0 Å². The molecule has 0 unspecified atom stereocenters. The molecule has 0 aliphatic rings. The molecule has 0 N–H and O–H groups in total. The van der Waals surface area contributed by atoms with E-state index in [-0.39, 0.29) is 16.3 Å². The number of pyridine rings is 1. The van der Waals surface area contributed by atoms with Gasteiger partial charge >= 0.3 is 0 Å². The fraction of sp³-hybridized carbons (Fsp3) is 0.158. The van der Waals surface area contributed by atoms with Gasteiger partial charge in [-0.25, -0.2) is 17.4 Å². The van der Waals surface area contributed by atoms with Gasteiger partial charge in [-0.2, -0.15) is 0 Å². The molecule has 3 aromatic rings. The number of ketones is 1. The van der Waals surface area contributed by atoms with Crippen molar-refractivity contribution in [3.63, 3.8) is 0 Å². The zero-order chi connectivity index (χ0) is 18.9. The summed E-state index contributed by atoms with van der Waals surface area (Å²) in [6.45, 7) is 1.89. The first-order chi connectivity index (χ1) is 12.3. The third kappa shape index (κ3) is 3.25. The lowest BCUT2D eigenvalue weighted by Gasteiger charge is -2.07. The first-order valence-electron chi connectivity index (χ1n) is 7.98. The molecule has 0 spiro atoms. The third-order valence-corrected chi connectivity index (χ3v) is 5.56. The van der Waals surface area contributed by atoms with Crippen LogP contribution in [0.5, 0.6) is 0 Å². The van der Waals surface area contributed by atoms with E-state index in [2.05, 4.69) is 4.98 Å².